The van der Waals surface area contributed by atoms with E-state index in [1.807, 2.05) is 35.7 Å². The van der Waals surface area contributed by atoms with Crippen molar-refractivity contribution in [2.75, 3.05) is 13.7 Å². The second-order valence-corrected chi connectivity index (χ2v) is 7.36. The number of amides is 1. The highest BCUT2D eigenvalue weighted by atomic mass is 32.1. The third-order valence-corrected chi connectivity index (χ3v) is 5.31. The fourth-order valence-electron chi connectivity index (χ4n) is 3.00. The van der Waals surface area contributed by atoms with E-state index in [2.05, 4.69) is 11.5 Å². The molecular weight excluding hydrogens is 374 g/mol. The minimum absolute atomic E-state index is 0.0757. The van der Waals surface area contributed by atoms with E-state index >= 15 is 0 Å². The van der Waals surface area contributed by atoms with Crippen LogP contribution in [0.25, 0.3) is 0 Å². The van der Waals surface area contributed by atoms with Crippen molar-refractivity contribution in [2.24, 2.45) is 5.84 Å². The molecule has 1 amide bonds. The molecule has 0 spiro atoms. The lowest BCUT2D eigenvalue weighted by Crippen LogP contribution is -2.36. The molecular formula is C21H25N3O3S. The standard InChI is InChI=1S/C21H25N3O3S/c1-26-16-7-5-8-17(13-16)27-15-21(25)24(14-18-9-6-12-28-18)20-11-4-2-3-10-19(20)23-22/h4-9,11-13,23H,2-3,10,14-15,22H2,1H3. The number of carbonyl (C=O) groups excluding carboxylic acids is 1. The SMILES string of the molecule is COc1cccc(OCC(=O)N(Cc2cccs2)C2=C(NN)CCCC=C2)c1. The summed E-state index contributed by atoms with van der Waals surface area (Å²) in [6.45, 7) is 0.399. The van der Waals surface area contributed by atoms with Gasteiger partial charge in [-0.05, 0) is 48.9 Å². The van der Waals surface area contributed by atoms with Crippen LogP contribution in [0.4, 0.5) is 0 Å². The zero-order valence-corrected chi connectivity index (χ0v) is 16.7. The number of methoxy groups -OCH3 is 1. The van der Waals surface area contributed by atoms with Crippen LogP contribution >= 0.6 is 11.3 Å². The van der Waals surface area contributed by atoms with E-state index < -0.39 is 0 Å². The number of hydrogen-bond donors (Lipinski definition) is 2. The molecule has 0 radical (unpaired) electrons. The van der Waals surface area contributed by atoms with Gasteiger partial charge in [0.1, 0.15) is 11.5 Å². The van der Waals surface area contributed by atoms with Gasteiger partial charge in [0.05, 0.1) is 19.4 Å². The molecule has 1 aromatic heterocycles. The predicted octanol–water partition coefficient (Wildman–Crippen LogP) is 3.58. The fraction of sp³-hybridized carbons (Fsp3) is 0.286. The van der Waals surface area contributed by atoms with Crippen LogP contribution in [0, 0.1) is 0 Å². The second-order valence-electron chi connectivity index (χ2n) is 6.33. The summed E-state index contributed by atoms with van der Waals surface area (Å²) in [5.74, 6) is 6.89. The van der Waals surface area contributed by atoms with E-state index in [9.17, 15) is 4.79 Å². The molecule has 0 fully saturated rings. The Labute approximate surface area is 169 Å². The van der Waals surface area contributed by atoms with Gasteiger partial charge in [-0.25, -0.2) is 0 Å². The second kappa shape index (κ2) is 9.96. The van der Waals surface area contributed by atoms with E-state index in [1.54, 1.807) is 35.5 Å². The van der Waals surface area contributed by atoms with Crippen molar-refractivity contribution in [1.82, 2.24) is 10.3 Å². The largest absolute Gasteiger partial charge is 0.497 e. The van der Waals surface area contributed by atoms with Crippen LogP contribution in [-0.2, 0) is 11.3 Å². The molecule has 148 valence electrons. The quantitative estimate of drug-likeness (QED) is 0.524. The number of ether oxygens (including phenoxy) is 2. The number of thiophene rings is 1. The number of nitrogens with two attached hydrogens (primary N) is 1. The first kappa shape index (κ1) is 20.0. The molecule has 7 heteroatoms. The number of benzene rings is 1. The lowest BCUT2D eigenvalue weighted by Gasteiger charge is -2.25. The Morgan fingerprint density at radius 1 is 1.29 bits per heavy atom. The van der Waals surface area contributed by atoms with Crippen molar-refractivity contribution in [1.29, 1.82) is 0 Å². The Hall–Kier alpha value is -2.77. The van der Waals surface area contributed by atoms with Crippen molar-refractivity contribution >= 4 is 17.2 Å². The van der Waals surface area contributed by atoms with E-state index in [0.717, 1.165) is 35.5 Å². The van der Waals surface area contributed by atoms with Gasteiger partial charge in [0, 0.05) is 16.6 Å². The Morgan fingerprint density at radius 3 is 2.89 bits per heavy atom. The Kier molecular flexibility index (Phi) is 7.11. The molecule has 0 bridgehead atoms. The highest BCUT2D eigenvalue weighted by Gasteiger charge is 2.22. The third-order valence-electron chi connectivity index (χ3n) is 4.45. The van der Waals surface area contributed by atoms with E-state index in [0.29, 0.717) is 18.0 Å². The average Bonchev–Trinajstić information content (AvgIpc) is 3.13. The summed E-state index contributed by atoms with van der Waals surface area (Å²) < 4.78 is 10.9. The zero-order chi connectivity index (χ0) is 19.8. The van der Waals surface area contributed by atoms with E-state index in [4.69, 9.17) is 15.3 Å². The van der Waals surface area contributed by atoms with Crippen LogP contribution in [-0.4, -0.2) is 24.5 Å². The summed E-state index contributed by atoms with van der Waals surface area (Å²) in [4.78, 5) is 15.9. The van der Waals surface area contributed by atoms with E-state index in [-0.39, 0.29) is 12.5 Å². The predicted molar refractivity (Wildman–Crippen MR) is 111 cm³/mol. The molecule has 1 aliphatic carbocycles. The van der Waals surface area contributed by atoms with Gasteiger partial charge in [-0.1, -0.05) is 18.2 Å². The first-order chi connectivity index (χ1) is 13.7. The molecule has 0 atom stereocenters. The fourth-order valence-corrected chi connectivity index (χ4v) is 3.69. The molecule has 0 aliphatic heterocycles. The van der Waals surface area contributed by atoms with Gasteiger partial charge in [-0.15, -0.1) is 11.3 Å². The number of nitrogens with zero attached hydrogens (tertiary/aromatic N) is 1. The van der Waals surface area contributed by atoms with Crippen molar-refractivity contribution in [3.05, 3.63) is 70.2 Å². The summed E-state index contributed by atoms with van der Waals surface area (Å²) in [5, 5.41) is 2.00. The van der Waals surface area contributed by atoms with Crippen molar-refractivity contribution < 1.29 is 14.3 Å². The summed E-state index contributed by atoms with van der Waals surface area (Å²) in [6, 6.07) is 11.2. The number of carbonyl (C=O) groups is 1. The van der Waals surface area contributed by atoms with Gasteiger partial charge in [0.2, 0.25) is 0 Å². The molecule has 1 aliphatic rings. The smallest absolute Gasteiger partial charge is 0.265 e. The Morgan fingerprint density at radius 2 is 2.14 bits per heavy atom. The number of allylic oxidation sites excluding steroid dienone is 3. The highest BCUT2D eigenvalue weighted by Crippen LogP contribution is 2.24. The molecule has 3 rings (SSSR count). The molecule has 28 heavy (non-hydrogen) atoms. The Balaban J connectivity index is 1.81. The lowest BCUT2D eigenvalue weighted by molar-refractivity contribution is -0.131. The van der Waals surface area contributed by atoms with Crippen LogP contribution in [0.2, 0.25) is 0 Å². The molecule has 0 unspecified atom stereocenters. The van der Waals surface area contributed by atoms with Gasteiger partial charge in [-0.2, -0.15) is 0 Å². The maximum absolute atomic E-state index is 13.1. The maximum atomic E-state index is 13.1. The van der Waals surface area contributed by atoms with Crippen molar-refractivity contribution in [3.63, 3.8) is 0 Å². The number of nitrogens with one attached hydrogen (secondary N) is 1. The summed E-state index contributed by atoms with van der Waals surface area (Å²) in [6.07, 6.45) is 6.79. The molecule has 0 saturated carbocycles. The maximum Gasteiger partial charge on any atom is 0.265 e. The summed E-state index contributed by atoms with van der Waals surface area (Å²) in [5.41, 5.74) is 4.44. The molecule has 1 aromatic carbocycles. The number of rotatable bonds is 8. The first-order valence-corrected chi connectivity index (χ1v) is 10.0. The minimum Gasteiger partial charge on any atom is -0.497 e. The normalized spacial score (nSPS) is 13.8. The molecule has 0 saturated heterocycles. The molecule has 6 nitrogen and oxygen atoms in total. The van der Waals surface area contributed by atoms with Gasteiger partial charge in [0.15, 0.2) is 6.61 Å². The monoisotopic (exact) mass is 399 g/mol. The van der Waals surface area contributed by atoms with Gasteiger partial charge >= 0.3 is 0 Å². The minimum atomic E-state index is -0.134. The zero-order valence-electron chi connectivity index (χ0n) is 15.9. The number of hydrazine groups is 1. The van der Waals surface area contributed by atoms with Crippen molar-refractivity contribution in [2.45, 2.75) is 25.8 Å². The average molecular weight is 400 g/mol. The molecule has 2 aromatic rings. The first-order valence-electron chi connectivity index (χ1n) is 9.17. The summed E-state index contributed by atoms with van der Waals surface area (Å²) >= 11 is 1.62. The van der Waals surface area contributed by atoms with Crippen LogP contribution in [0.5, 0.6) is 11.5 Å². The van der Waals surface area contributed by atoms with E-state index in [1.165, 1.54) is 0 Å². The van der Waals surface area contributed by atoms with Crippen LogP contribution in [0.1, 0.15) is 24.1 Å². The van der Waals surface area contributed by atoms with Crippen LogP contribution in [0.3, 0.4) is 0 Å². The van der Waals surface area contributed by atoms with Crippen LogP contribution in [0.15, 0.2) is 65.3 Å². The van der Waals surface area contributed by atoms with Gasteiger partial charge in [0.25, 0.3) is 5.91 Å². The van der Waals surface area contributed by atoms with Crippen molar-refractivity contribution in [3.8, 4) is 11.5 Å². The highest BCUT2D eigenvalue weighted by molar-refractivity contribution is 7.09. The molecule has 1 heterocycles. The van der Waals surface area contributed by atoms with Gasteiger partial charge in [-0.3, -0.25) is 10.6 Å². The van der Waals surface area contributed by atoms with Gasteiger partial charge < -0.3 is 19.8 Å². The Bertz CT molecular complexity index is 846. The summed E-state index contributed by atoms with van der Waals surface area (Å²) in [7, 11) is 1.60. The third kappa shape index (κ3) is 5.15. The number of hydrogen-bond acceptors (Lipinski definition) is 6. The van der Waals surface area contributed by atoms with Crippen LogP contribution < -0.4 is 20.7 Å². The molecule has 3 N–H and O–H groups in total. The lowest BCUT2D eigenvalue weighted by atomic mass is 10.2. The topological polar surface area (TPSA) is 76.8 Å².